The minimum Gasteiger partial charge on any atom is -0.481 e. The van der Waals surface area contributed by atoms with Gasteiger partial charge < -0.3 is 116 Å². The molecule has 1 aliphatic heterocycles. The second-order valence-corrected chi connectivity index (χ2v) is 27.6. The Balaban J connectivity index is 3.25. The molecule has 1 heterocycles. The molecule has 14 atom stereocenters. The Labute approximate surface area is 603 Å². The summed E-state index contributed by atoms with van der Waals surface area (Å²) < 4.78 is 0. The molecule has 0 aliphatic carbocycles. The van der Waals surface area contributed by atoms with E-state index in [4.69, 9.17) is 16.6 Å². The highest BCUT2D eigenvalue weighted by Crippen LogP contribution is 2.21. The van der Waals surface area contributed by atoms with Gasteiger partial charge in [-0.1, -0.05) is 69.2 Å². The Morgan fingerprint density at radius 1 is 0.433 bits per heavy atom. The van der Waals surface area contributed by atoms with Gasteiger partial charge in [0.2, 0.25) is 82.7 Å². The van der Waals surface area contributed by atoms with Crippen molar-refractivity contribution >= 4 is 101 Å². The first-order valence-electron chi connectivity index (χ1n) is 34.7. The minimum atomic E-state index is -1.87. The Morgan fingerprint density at radius 3 is 1.36 bits per heavy atom. The highest BCUT2D eigenvalue weighted by atomic mass is 16.4. The van der Waals surface area contributed by atoms with Gasteiger partial charge in [-0.25, -0.2) is 4.79 Å². The zero-order valence-electron chi connectivity index (χ0n) is 61.2. The number of amides is 14. The number of unbranched alkanes of at least 4 members (excludes halogenated alkanes) is 1. The lowest BCUT2D eigenvalue weighted by atomic mass is 9.98. The normalized spacial score (nSPS) is 16.6. The fourth-order valence-electron chi connectivity index (χ4n) is 10.6. The highest BCUT2D eigenvalue weighted by molar-refractivity contribution is 6.00. The second-order valence-electron chi connectivity index (χ2n) is 27.6. The maximum absolute atomic E-state index is 14.2. The molecule has 39 nitrogen and oxygen atoms in total. The number of carboxylic acids is 3. The van der Waals surface area contributed by atoms with E-state index >= 15 is 0 Å². The number of likely N-dealkylation sites (tertiary alicyclic amines) is 1. The molecule has 0 radical (unpaired) electrons. The van der Waals surface area contributed by atoms with Gasteiger partial charge in [0.05, 0.1) is 44.9 Å². The van der Waals surface area contributed by atoms with Gasteiger partial charge in [0.15, 0.2) is 0 Å². The second kappa shape index (κ2) is 46.5. The summed E-state index contributed by atoms with van der Waals surface area (Å²) in [6, 6.07) is -18.0. The van der Waals surface area contributed by atoms with Crippen molar-refractivity contribution in [2.75, 3.05) is 39.3 Å². The predicted octanol–water partition coefficient (Wildman–Crippen LogP) is -6.74. The van der Waals surface area contributed by atoms with Crippen LogP contribution in [0.4, 0.5) is 0 Å². The molecule has 23 N–H and O–H groups in total. The molecule has 0 saturated carbocycles. The molecule has 0 aromatic heterocycles. The number of aliphatic hydroxyl groups excluding tert-OH is 3. The number of nitrogens with two attached hydrogens (primary N) is 2. The van der Waals surface area contributed by atoms with Crippen LogP contribution in [0.5, 0.6) is 0 Å². The molecule has 590 valence electrons. The summed E-state index contributed by atoms with van der Waals surface area (Å²) in [6.07, 6.45) is -3.67. The van der Waals surface area contributed by atoms with Crippen LogP contribution in [0.15, 0.2) is 0 Å². The van der Waals surface area contributed by atoms with E-state index in [1.807, 2.05) is 0 Å². The largest absolute Gasteiger partial charge is 0.481 e. The van der Waals surface area contributed by atoms with Crippen LogP contribution in [0.1, 0.15) is 154 Å². The Hall–Kier alpha value is -9.21. The van der Waals surface area contributed by atoms with Gasteiger partial charge >= 0.3 is 17.9 Å². The first-order chi connectivity index (χ1) is 48.5. The number of hydrogen-bond acceptors (Lipinski definition) is 22. The third kappa shape index (κ3) is 33.9. The van der Waals surface area contributed by atoms with E-state index in [9.17, 15) is 107 Å². The number of carbonyl (C=O) groups excluding carboxylic acids is 14. The summed E-state index contributed by atoms with van der Waals surface area (Å²) in [7, 11) is 0. The van der Waals surface area contributed by atoms with Gasteiger partial charge in [0, 0.05) is 13.0 Å². The number of hydrogen-bond donors (Lipinski definition) is 21. The quantitative estimate of drug-likeness (QED) is 0.0252. The molecule has 0 aromatic rings. The Kier molecular flexibility index (Phi) is 41.5. The van der Waals surface area contributed by atoms with E-state index in [0.29, 0.717) is 19.3 Å². The summed E-state index contributed by atoms with van der Waals surface area (Å²) in [5, 5.41) is 90.0. The van der Waals surface area contributed by atoms with E-state index in [1.165, 1.54) is 39.5 Å². The lowest BCUT2D eigenvalue weighted by molar-refractivity contribution is -0.143. The minimum absolute atomic E-state index is 0.0116. The van der Waals surface area contributed by atoms with Crippen molar-refractivity contribution in [3.05, 3.63) is 0 Å². The first-order valence-corrected chi connectivity index (χ1v) is 34.7. The van der Waals surface area contributed by atoms with E-state index < -0.39 is 243 Å². The van der Waals surface area contributed by atoms with Crippen molar-refractivity contribution < 1.29 is 112 Å². The summed E-state index contributed by atoms with van der Waals surface area (Å²) in [6.45, 7) is 15.7. The van der Waals surface area contributed by atoms with Crippen LogP contribution in [0.25, 0.3) is 0 Å². The topological polar surface area (TPSA) is 623 Å². The maximum atomic E-state index is 14.2. The molecule has 0 unspecified atom stereocenters. The van der Waals surface area contributed by atoms with E-state index in [2.05, 4.69) is 69.1 Å². The average Bonchev–Trinajstić information content (AvgIpc) is 1.59. The van der Waals surface area contributed by atoms with Crippen LogP contribution in [0.2, 0.25) is 0 Å². The van der Waals surface area contributed by atoms with E-state index in [0.717, 1.165) is 6.92 Å². The van der Waals surface area contributed by atoms with Gasteiger partial charge in [-0.3, -0.25) is 76.7 Å². The third-order valence-corrected chi connectivity index (χ3v) is 16.2. The third-order valence-electron chi connectivity index (χ3n) is 16.2. The molecule has 0 spiro atoms. The van der Waals surface area contributed by atoms with Gasteiger partial charge in [-0.05, 0) is 108 Å². The molecule has 1 aliphatic rings. The number of aliphatic carboxylic acids is 3. The van der Waals surface area contributed by atoms with Crippen LogP contribution in [0, 0.1) is 29.6 Å². The van der Waals surface area contributed by atoms with Crippen molar-refractivity contribution in [3.8, 4) is 0 Å². The fraction of sp³-hybridized carbons (Fsp3) is 0.738. The molecule has 1 fully saturated rings. The van der Waals surface area contributed by atoms with Crippen LogP contribution in [0.3, 0.4) is 0 Å². The molecule has 0 bridgehead atoms. The predicted molar refractivity (Wildman–Crippen MR) is 369 cm³/mol. The zero-order chi connectivity index (χ0) is 79.6. The van der Waals surface area contributed by atoms with Crippen molar-refractivity contribution in [2.24, 2.45) is 41.1 Å². The maximum Gasteiger partial charge on any atom is 0.326 e. The molecule has 0 aromatic carbocycles. The number of carboxylic acid groups (broad SMARTS) is 3. The average molecular weight is 1490 g/mol. The summed E-state index contributed by atoms with van der Waals surface area (Å²) in [5.41, 5.74) is 11.4. The van der Waals surface area contributed by atoms with E-state index in [1.54, 1.807) is 41.5 Å². The lowest BCUT2D eigenvalue weighted by Gasteiger charge is -2.31. The summed E-state index contributed by atoms with van der Waals surface area (Å²) in [5.74, 6) is -20.2. The van der Waals surface area contributed by atoms with E-state index in [-0.39, 0.29) is 62.9 Å². The molecule has 14 amide bonds. The highest BCUT2D eigenvalue weighted by Gasteiger charge is 2.41. The zero-order valence-corrected chi connectivity index (χ0v) is 61.2. The standard InChI is InChI=1S/C65H112N16O23/c1-30(2)22-39(74-55(93)37(16-13-14-20-66)73-60(98)50(67)35(11)83)54(92)69-28-47(87)72-41(25-49(90)91)56(94)75-40(23-31(3)4)57(95)78-52(34(9)10)62(100)80-53(36(12)84)63(101)79-51(33(7)8)61(99)77-43(29-82)58(96)76-42(24-32(5)6)64(102)81-21-15-17-44(81)59(97)70-26-45(85)68-27-46(86)71-38(65(103)104)18-19-48(88)89/h30-44,50-53,82-84H,13-29,66-67H2,1-12H3,(H,68,85)(H,69,92)(H,70,97)(H,71,86)(H,72,87)(H,73,98)(H,74,93)(H,75,94)(H,76,96)(H,77,99)(H,78,95)(H,79,101)(H,80,100)(H,88,89)(H,90,91)(H,103,104)/t35-,36-,37+,38+,39+,40+,41+,42+,43+,44+,50+,51+,52+,53+/m1/s1. The van der Waals surface area contributed by atoms with Crippen molar-refractivity contribution in [2.45, 2.75) is 238 Å². The number of aliphatic hydroxyl groups is 3. The Bertz CT molecular complexity index is 2970. The number of rotatable bonds is 48. The number of nitrogens with zero attached hydrogens (tertiary/aromatic N) is 1. The van der Waals surface area contributed by atoms with Crippen molar-refractivity contribution in [1.29, 1.82) is 0 Å². The lowest BCUT2D eigenvalue weighted by Crippen LogP contribution is -2.63. The molecular weight excluding hydrogens is 1370 g/mol. The SMILES string of the molecule is CC(C)C[C@H](NC(=O)[C@H](CCCCN)NC(=O)[C@@H](N)[C@@H](C)O)C(=O)NCC(=O)N[C@@H](CC(=O)O)C(=O)N[C@@H](CC(C)C)C(=O)N[C@H](C(=O)N[C@H](C(=O)N[C@H](C(=O)N[C@@H](CO)C(=O)N[C@@H](CC(C)C)C(=O)N1CCC[C@H]1C(=O)NCC(=O)NCC(=O)N[C@@H](CCC(=O)O)C(=O)O)C(C)C)[C@@H](C)O)C(C)C. The molecule has 1 rings (SSSR count). The van der Waals surface area contributed by atoms with Crippen molar-refractivity contribution in [1.82, 2.24) is 74.0 Å². The first kappa shape index (κ1) is 92.8. The molecule has 104 heavy (non-hydrogen) atoms. The fourth-order valence-corrected chi connectivity index (χ4v) is 10.6. The van der Waals surface area contributed by atoms with Crippen molar-refractivity contribution in [3.63, 3.8) is 0 Å². The Morgan fingerprint density at radius 2 is 0.865 bits per heavy atom. The van der Waals surface area contributed by atoms with Gasteiger partial charge in [0.1, 0.15) is 72.5 Å². The molecule has 1 saturated heterocycles. The molecular formula is C65H112N16O23. The van der Waals surface area contributed by atoms with Gasteiger partial charge in [-0.2, -0.15) is 0 Å². The van der Waals surface area contributed by atoms with Gasteiger partial charge in [0.25, 0.3) is 0 Å². The molecule has 39 heteroatoms. The van der Waals surface area contributed by atoms with Crippen LogP contribution >= 0.6 is 0 Å². The summed E-state index contributed by atoms with van der Waals surface area (Å²) in [4.78, 5) is 225. The van der Waals surface area contributed by atoms with Gasteiger partial charge in [-0.15, -0.1) is 0 Å². The van der Waals surface area contributed by atoms with Crippen LogP contribution < -0.4 is 80.6 Å². The number of carbonyl (C=O) groups is 17. The smallest absolute Gasteiger partial charge is 0.326 e. The summed E-state index contributed by atoms with van der Waals surface area (Å²) >= 11 is 0. The van der Waals surface area contributed by atoms with Crippen LogP contribution in [-0.2, 0) is 81.5 Å². The monoisotopic (exact) mass is 1480 g/mol. The van der Waals surface area contributed by atoms with Crippen LogP contribution in [-0.4, -0.2) is 260 Å². The number of nitrogens with one attached hydrogen (secondary N) is 13.